The quantitative estimate of drug-likeness (QED) is 0.760. The number of nitrogens with two attached hydrogens (primary N) is 2. The topological polar surface area (TPSA) is 101 Å². The maximum absolute atomic E-state index is 11.7. The molecule has 0 aromatic carbocycles. The Labute approximate surface area is 142 Å². The summed E-state index contributed by atoms with van der Waals surface area (Å²) in [4.78, 5) is 21.4. The van der Waals surface area contributed by atoms with E-state index in [1.165, 1.54) is 12.8 Å². The number of rotatable bonds is 3. The molecule has 3 heterocycles. The fraction of sp³-hybridized carbons (Fsp3) is 0.500. The second kappa shape index (κ2) is 5.49. The first-order valence-corrected chi connectivity index (χ1v) is 8.82. The summed E-state index contributed by atoms with van der Waals surface area (Å²) in [5.41, 5.74) is 13.8. The molecule has 1 amide bonds. The van der Waals surface area contributed by atoms with Crippen LogP contribution >= 0.6 is 15.9 Å². The van der Waals surface area contributed by atoms with Crippen molar-refractivity contribution in [2.45, 2.75) is 25.3 Å². The molecule has 1 aliphatic heterocycles. The third-order valence-electron chi connectivity index (χ3n) is 5.11. The average molecular weight is 378 g/mol. The van der Waals surface area contributed by atoms with Crippen molar-refractivity contribution in [1.82, 2.24) is 9.97 Å². The summed E-state index contributed by atoms with van der Waals surface area (Å²) in [5.74, 6) is 0.914. The van der Waals surface area contributed by atoms with E-state index in [2.05, 4.69) is 30.8 Å². The van der Waals surface area contributed by atoms with E-state index in [1.807, 2.05) is 12.3 Å². The van der Waals surface area contributed by atoms with Gasteiger partial charge in [0, 0.05) is 30.7 Å². The Hall–Kier alpha value is -1.60. The van der Waals surface area contributed by atoms with Crippen LogP contribution in [0.3, 0.4) is 0 Å². The number of carbonyl (C=O) groups excluding carboxylic acids is 1. The Kier molecular flexibility index (Phi) is 3.57. The monoisotopic (exact) mass is 377 g/mol. The van der Waals surface area contributed by atoms with Gasteiger partial charge in [-0.25, -0.2) is 4.98 Å². The predicted molar refractivity (Wildman–Crippen MR) is 93.3 cm³/mol. The number of aromatic nitrogens is 2. The normalized spacial score (nSPS) is 25.0. The molecule has 0 radical (unpaired) electrons. The minimum Gasteiger partial charge on any atom is -0.368 e. The van der Waals surface area contributed by atoms with Crippen molar-refractivity contribution in [3.8, 4) is 0 Å². The highest BCUT2D eigenvalue weighted by molar-refractivity contribution is 9.10. The third-order valence-corrected chi connectivity index (χ3v) is 5.86. The van der Waals surface area contributed by atoms with Gasteiger partial charge in [-0.3, -0.25) is 4.79 Å². The molecule has 2 aromatic rings. The number of nitrogens with one attached hydrogen (secondary N) is 1. The van der Waals surface area contributed by atoms with E-state index in [0.29, 0.717) is 16.0 Å². The highest BCUT2D eigenvalue weighted by Gasteiger charge is 2.39. The zero-order valence-electron chi connectivity index (χ0n) is 12.8. The van der Waals surface area contributed by atoms with E-state index in [0.717, 1.165) is 36.5 Å². The number of H-pyrrole nitrogens is 1. The molecule has 2 aromatic heterocycles. The lowest BCUT2D eigenvalue weighted by Crippen LogP contribution is -2.49. The summed E-state index contributed by atoms with van der Waals surface area (Å²) in [6, 6.07) is 2.15. The SMILES string of the molecule is NC(=O)c1nc2[nH]ccc2c(N2CC[C@H](C3CC3)[C@@H](N)C2)c1Br. The van der Waals surface area contributed by atoms with Crippen molar-refractivity contribution in [2.75, 3.05) is 18.0 Å². The van der Waals surface area contributed by atoms with Crippen LogP contribution in [0.2, 0.25) is 0 Å². The second-order valence-corrected chi connectivity index (χ2v) is 7.42. The van der Waals surface area contributed by atoms with E-state index in [9.17, 15) is 4.79 Å². The van der Waals surface area contributed by atoms with Gasteiger partial charge in [-0.1, -0.05) is 0 Å². The first kappa shape index (κ1) is 15.0. The molecule has 0 bridgehead atoms. The number of fused-ring (bicyclic) bond motifs is 1. The number of piperidine rings is 1. The van der Waals surface area contributed by atoms with Crippen LogP contribution in [0.1, 0.15) is 29.8 Å². The van der Waals surface area contributed by atoms with Gasteiger partial charge in [-0.05, 0) is 53.1 Å². The van der Waals surface area contributed by atoms with E-state index in [1.54, 1.807) is 0 Å². The van der Waals surface area contributed by atoms with Crippen molar-refractivity contribution >= 4 is 38.6 Å². The predicted octanol–water partition coefficient (Wildman–Crippen LogP) is 1.99. The molecule has 7 heteroatoms. The molecule has 4 rings (SSSR count). The number of hydrogen-bond acceptors (Lipinski definition) is 4. The number of pyridine rings is 1. The van der Waals surface area contributed by atoms with Crippen LogP contribution in [0.25, 0.3) is 11.0 Å². The van der Waals surface area contributed by atoms with Crippen LogP contribution in [-0.4, -0.2) is 35.0 Å². The van der Waals surface area contributed by atoms with Crippen LogP contribution in [0.5, 0.6) is 0 Å². The second-order valence-electron chi connectivity index (χ2n) is 6.63. The Balaban J connectivity index is 1.74. The fourth-order valence-corrected chi connectivity index (χ4v) is 4.57. The maximum atomic E-state index is 11.7. The lowest BCUT2D eigenvalue weighted by atomic mass is 9.87. The number of anilines is 1. The van der Waals surface area contributed by atoms with Gasteiger partial charge < -0.3 is 21.4 Å². The molecule has 5 N–H and O–H groups in total. The third kappa shape index (κ3) is 2.52. The number of amides is 1. The van der Waals surface area contributed by atoms with Gasteiger partial charge in [-0.15, -0.1) is 0 Å². The van der Waals surface area contributed by atoms with Gasteiger partial charge in [0.1, 0.15) is 11.3 Å². The molecule has 1 aliphatic carbocycles. The number of aromatic amines is 1. The van der Waals surface area contributed by atoms with Gasteiger partial charge in [0.15, 0.2) is 0 Å². The summed E-state index contributed by atoms with van der Waals surface area (Å²) in [6.45, 7) is 1.73. The molecule has 0 unspecified atom stereocenters. The zero-order chi connectivity index (χ0) is 16.1. The van der Waals surface area contributed by atoms with Crippen LogP contribution in [-0.2, 0) is 0 Å². The molecular formula is C16H20BrN5O. The molecule has 6 nitrogen and oxygen atoms in total. The summed E-state index contributed by atoms with van der Waals surface area (Å²) < 4.78 is 0.661. The number of carbonyl (C=O) groups is 1. The molecule has 0 spiro atoms. The Morgan fingerprint density at radius 1 is 1.39 bits per heavy atom. The smallest absolute Gasteiger partial charge is 0.268 e. The molecular weight excluding hydrogens is 358 g/mol. The Morgan fingerprint density at radius 2 is 2.17 bits per heavy atom. The standard InChI is InChI=1S/C16H20BrN5O/c17-12-13(15(19)23)21-16-10(3-5-20-16)14(12)22-6-4-9(8-1-2-8)11(18)7-22/h3,5,8-9,11H,1-2,4,6-7,18H2,(H2,19,23)(H,20,21)/t9-,11+/m1/s1. The highest BCUT2D eigenvalue weighted by Crippen LogP contribution is 2.43. The molecule has 1 saturated heterocycles. The zero-order valence-corrected chi connectivity index (χ0v) is 14.3. The number of halogens is 1. The Morgan fingerprint density at radius 3 is 2.83 bits per heavy atom. The van der Waals surface area contributed by atoms with Crippen molar-refractivity contribution in [3.05, 3.63) is 22.4 Å². The maximum Gasteiger partial charge on any atom is 0.268 e. The molecule has 122 valence electrons. The highest BCUT2D eigenvalue weighted by atomic mass is 79.9. The summed E-state index contributed by atoms with van der Waals surface area (Å²) in [7, 11) is 0. The van der Waals surface area contributed by atoms with Gasteiger partial charge in [0.2, 0.25) is 0 Å². The van der Waals surface area contributed by atoms with Crippen molar-refractivity contribution in [2.24, 2.45) is 23.3 Å². The molecule has 2 fully saturated rings. The van der Waals surface area contributed by atoms with Crippen molar-refractivity contribution in [3.63, 3.8) is 0 Å². The molecule has 23 heavy (non-hydrogen) atoms. The largest absolute Gasteiger partial charge is 0.368 e. The van der Waals surface area contributed by atoms with E-state index >= 15 is 0 Å². The lowest BCUT2D eigenvalue weighted by Gasteiger charge is -2.39. The summed E-state index contributed by atoms with van der Waals surface area (Å²) in [5, 5.41) is 0.985. The van der Waals surface area contributed by atoms with Crippen LogP contribution < -0.4 is 16.4 Å². The first-order valence-electron chi connectivity index (χ1n) is 8.03. The van der Waals surface area contributed by atoms with Crippen molar-refractivity contribution < 1.29 is 4.79 Å². The summed E-state index contributed by atoms with van der Waals surface area (Å²) >= 11 is 3.54. The van der Waals surface area contributed by atoms with Crippen LogP contribution in [0.15, 0.2) is 16.7 Å². The minimum absolute atomic E-state index is 0.169. The average Bonchev–Trinajstić information content (AvgIpc) is 3.24. The first-order chi connectivity index (χ1) is 11.1. The summed E-state index contributed by atoms with van der Waals surface area (Å²) in [6.07, 6.45) is 5.57. The Bertz CT molecular complexity index is 769. The van der Waals surface area contributed by atoms with E-state index in [4.69, 9.17) is 11.5 Å². The van der Waals surface area contributed by atoms with E-state index in [-0.39, 0.29) is 11.7 Å². The molecule has 2 aliphatic rings. The lowest BCUT2D eigenvalue weighted by molar-refractivity contribution is 0.0995. The molecule has 1 saturated carbocycles. The number of hydrogen-bond donors (Lipinski definition) is 3. The molecule has 2 atom stereocenters. The van der Waals surface area contributed by atoms with Gasteiger partial charge >= 0.3 is 0 Å². The van der Waals surface area contributed by atoms with E-state index < -0.39 is 5.91 Å². The number of primary amides is 1. The minimum atomic E-state index is -0.535. The van der Waals surface area contributed by atoms with Gasteiger partial charge in [0.25, 0.3) is 5.91 Å². The number of nitrogens with zero attached hydrogens (tertiary/aromatic N) is 2. The van der Waals surface area contributed by atoms with Crippen LogP contribution in [0, 0.1) is 11.8 Å². The van der Waals surface area contributed by atoms with Gasteiger partial charge in [-0.2, -0.15) is 0 Å². The van der Waals surface area contributed by atoms with Crippen molar-refractivity contribution in [1.29, 1.82) is 0 Å². The van der Waals surface area contributed by atoms with Crippen LogP contribution in [0.4, 0.5) is 5.69 Å². The van der Waals surface area contributed by atoms with Gasteiger partial charge in [0.05, 0.1) is 10.2 Å². The fourth-order valence-electron chi connectivity index (χ4n) is 3.82.